The minimum absolute atomic E-state index is 0.000717. The lowest BCUT2D eigenvalue weighted by atomic mass is 9.76. The third-order valence-electron chi connectivity index (χ3n) is 15.6. The van der Waals surface area contributed by atoms with Crippen LogP contribution in [0.5, 0.6) is 17.2 Å². The van der Waals surface area contributed by atoms with Gasteiger partial charge in [-0.25, -0.2) is 4.79 Å². The second-order valence-electron chi connectivity index (χ2n) is 21.8. The molecule has 3 aliphatic heterocycles. The van der Waals surface area contributed by atoms with Gasteiger partial charge in [-0.1, -0.05) is 50.2 Å². The fourth-order valence-corrected chi connectivity index (χ4v) is 11.9. The number of methoxy groups -OCH3 is 1. The van der Waals surface area contributed by atoms with Crippen LogP contribution in [-0.2, 0) is 44.9 Å². The van der Waals surface area contributed by atoms with Crippen molar-refractivity contribution >= 4 is 68.2 Å². The number of nitro groups is 2. The molecule has 0 spiro atoms. The fraction of sp³-hybridized carbons (Fsp3) is 0.390. The number of likely N-dealkylation sites (N-methyl/N-ethyl adjacent to an activating group) is 1. The van der Waals surface area contributed by atoms with E-state index in [0.717, 1.165) is 52.1 Å². The number of likely N-dealkylation sites (tertiary alicyclic amines) is 1. The highest BCUT2D eigenvalue weighted by Gasteiger charge is 2.49. The van der Waals surface area contributed by atoms with E-state index < -0.39 is 84.3 Å². The molecule has 2 unspecified atom stereocenters. The van der Waals surface area contributed by atoms with Crippen molar-refractivity contribution < 1.29 is 70.3 Å². The van der Waals surface area contributed by atoms with E-state index in [2.05, 4.69) is 65.3 Å². The summed E-state index contributed by atoms with van der Waals surface area (Å²) >= 11 is 0. The summed E-state index contributed by atoms with van der Waals surface area (Å²) in [6.45, 7) is 9.91. The van der Waals surface area contributed by atoms with Crippen LogP contribution in [-0.4, -0.2) is 133 Å². The third-order valence-corrected chi connectivity index (χ3v) is 16.3. The number of para-hydroxylation sites is 2. The highest BCUT2D eigenvalue weighted by molar-refractivity contribution is 7.85. The molecule has 24 nitrogen and oxygen atoms in total. The monoisotopic (exact) mass is 1180 g/mol. The number of ketones is 1. The largest absolute Gasteiger partial charge is 0.514 e. The second kappa shape index (κ2) is 24.9. The van der Waals surface area contributed by atoms with Gasteiger partial charge in [-0.15, -0.1) is 0 Å². The molecule has 0 aromatic heterocycles. The summed E-state index contributed by atoms with van der Waals surface area (Å²) in [7, 11) is 0.391. The summed E-state index contributed by atoms with van der Waals surface area (Å²) in [5.74, 6) is -3.33. The summed E-state index contributed by atoms with van der Waals surface area (Å²) in [5, 5.41) is 30.9. The number of ether oxygens (including phenoxy) is 4. The highest BCUT2D eigenvalue weighted by atomic mass is 32.2. The van der Waals surface area contributed by atoms with Gasteiger partial charge < -0.3 is 44.7 Å². The quantitative estimate of drug-likeness (QED) is 0.00834. The summed E-state index contributed by atoms with van der Waals surface area (Å²) in [5.41, 5.74) is 5.59. The van der Waals surface area contributed by atoms with E-state index in [4.69, 9.17) is 18.9 Å². The maximum absolute atomic E-state index is 14.7. The Morgan fingerprint density at radius 1 is 0.893 bits per heavy atom. The predicted molar refractivity (Wildman–Crippen MR) is 308 cm³/mol. The standard InChI is InChI=1S/C59H66N8O16S/c1-35(82-57(72)83-37-24-22-36(23-25-37)66(73)74)38-30-48(80-8)49(33-47(38)67(75)76)81-29-27-60-52(68)21-13-14-26-61-55(70)43(34-84(77,78)79)62-56(71)46-20-15-28-65(46)53-39(31-50-58(2,3)41-16-9-11-18-44(41)63(50)6)54(69)40(53)32-51-59(4,5)42-17-10-12-19-45(42)64(51)7/h9-12,16-19,22-25,30-33,35,43,46H,13-15,20-21,26-29,34H2,1-8H3,(H3-,60,61,62,68,70,71,77,78,79)/p+1/t35?,43?,46-/m1/s1. The zero-order valence-electron chi connectivity index (χ0n) is 47.8. The number of nitro benzene ring substituents is 2. The minimum Gasteiger partial charge on any atom is -0.493 e. The molecule has 8 rings (SSSR count). The van der Waals surface area contributed by atoms with Crippen LogP contribution in [0, 0.1) is 20.2 Å². The van der Waals surface area contributed by atoms with E-state index in [0.29, 0.717) is 36.2 Å². The number of benzene rings is 4. The van der Waals surface area contributed by atoms with E-state index in [-0.39, 0.29) is 73.2 Å². The maximum Gasteiger partial charge on any atom is 0.514 e. The van der Waals surface area contributed by atoms with Crippen LogP contribution in [0.15, 0.2) is 120 Å². The van der Waals surface area contributed by atoms with E-state index in [9.17, 15) is 57.2 Å². The number of hydrogen-bond donors (Lipinski definition) is 4. The molecule has 0 bridgehead atoms. The molecule has 0 radical (unpaired) electrons. The van der Waals surface area contributed by atoms with Gasteiger partial charge in [-0.2, -0.15) is 13.0 Å². The Hall–Kier alpha value is -8.97. The number of fused-ring (bicyclic) bond motifs is 2. The van der Waals surface area contributed by atoms with Gasteiger partial charge in [0.2, 0.25) is 23.4 Å². The normalized spacial score (nSPS) is 18.4. The lowest BCUT2D eigenvalue weighted by Gasteiger charge is -2.37. The average molecular weight is 1180 g/mol. The van der Waals surface area contributed by atoms with Crippen molar-refractivity contribution in [3.05, 3.63) is 157 Å². The second-order valence-corrected chi connectivity index (χ2v) is 23.3. The average Bonchev–Trinajstić information content (AvgIpc) is 1.74. The zero-order chi connectivity index (χ0) is 61.0. The lowest BCUT2D eigenvalue weighted by molar-refractivity contribution is -0.401. The van der Waals surface area contributed by atoms with Crippen LogP contribution in [0.25, 0.3) is 0 Å². The number of carbonyl (C=O) groups excluding carboxylic acids is 5. The van der Waals surface area contributed by atoms with Gasteiger partial charge in [-0.05, 0) is 82.4 Å². The molecule has 0 saturated carbocycles. The first kappa shape index (κ1) is 61.1. The van der Waals surface area contributed by atoms with Crippen molar-refractivity contribution in [2.24, 2.45) is 0 Å². The third kappa shape index (κ3) is 13.0. The van der Waals surface area contributed by atoms with Crippen LogP contribution < -0.4 is 35.1 Å². The van der Waals surface area contributed by atoms with E-state index in [1.54, 1.807) is 0 Å². The number of rotatable bonds is 23. The van der Waals surface area contributed by atoms with Crippen LogP contribution in [0.1, 0.15) is 89.5 Å². The number of Topliss-reactive ketones (excluding diaryl/α,β-unsaturated/α-hetero) is 1. The molecule has 25 heteroatoms. The van der Waals surface area contributed by atoms with Gasteiger partial charge in [0.15, 0.2) is 23.0 Å². The Bertz CT molecular complexity index is 3570. The molecule has 4 aliphatic rings. The number of allylic oxidation sites excluding steroid dienone is 5. The van der Waals surface area contributed by atoms with Gasteiger partial charge in [0, 0.05) is 78.8 Å². The zero-order valence-corrected chi connectivity index (χ0v) is 48.6. The van der Waals surface area contributed by atoms with Crippen molar-refractivity contribution in [2.45, 2.75) is 95.7 Å². The van der Waals surface area contributed by atoms with Crippen molar-refractivity contribution in [1.82, 2.24) is 20.9 Å². The maximum atomic E-state index is 14.7. The van der Waals surface area contributed by atoms with Crippen molar-refractivity contribution in [1.29, 1.82) is 0 Å². The summed E-state index contributed by atoms with van der Waals surface area (Å²) in [6.07, 6.45) is 2.71. The minimum atomic E-state index is -4.80. The SMILES string of the molecule is COc1cc(C(C)OC(=O)Oc2ccc([N+](=O)[O-])cc2)c([N+](=O)[O-])cc1OCCNC(=O)CCCCNC(=O)C(CS(=O)(=O)O)NC(=O)[C@H]1CCCN1C1=C(C=C2N(C)c3ccccc3C2(C)C)C(=O)C1=CC1=[N+](C)c2ccccc2C1(C)C. The lowest BCUT2D eigenvalue weighted by Crippen LogP contribution is -2.55. The van der Waals surface area contributed by atoms with Crippen LogP contribution >= 0.6 is 0 Å². The Labute approximate surface area is 485 Å². The smallest absolute Gasteiger partial charge is 0.493 e. The molecule has 1 saturated heterocycles. The number of carbonyl (C=O) groups is 5. The van der Waals surface area contributed by atoms with Crippen molar-refractivity contribution in [3.63, 3.8) is 0 Å². The molecule has 4 N–H and O–H groups in total. The van der Waals surface area contributed by atoms with Crippen LogP contribution in [0.4, 0.5) is 27.5 Å². The number of non-ortho nitro benzene ring substituents is 1. The van der Waals surface area contributed by atoms with Crippen LogP contribution in [0.2, 0.25) is 0 Å². The molecular formula is C59H67N8O16S+. The first-order valence-corrected chi connectivity index (χ1v) is 28.8. The summed E-state index contributed by atoms with van der Waals surface area (Å²) in [4.78, 5) is 93.6. The van der Waals surface area contributed by atoms with Gasteiger partial charge in [0.05, 0.1) is 51.8 Å². The molecule has 4 aromatic rings. The summed E-state index contributed by atoms with van der Waals surface area (Å²) < 4.78 is 58.1. The topological polar surface area (TPSA) is 308 Å². The number of nitrogens with zero attached hydrogens (tertiary/aromatic N) is 5. The molecule has 444 valence electrons. The molecule has 1 aliphatic carbocycles. The number of unbranched alkanes of at least 4 members (excludes halogenated alkanes) is 1. The van der Waals surface area contributed by atoms with Gasteiger partial charge >= 0.3 is 6.16 Å². The van der Waals surface area contributed by atoms with Gasteiger partial charge in [0.25, 0.3) is 21.5 Å². The molecular weight excluding hydrogens is 1110 g/mol. The Balaban J connectivity index is 0.870. The molecule has 3 heterocycles. The Morgan fingerprint density at radius 3 is 2.24 bits per heavy atom. The fourth-order valence-electron chi connectivity index (χ4n) is 11.2. The summed E-state index contributed by atoms with van der Waals surface area (Å²) in [6, 6.07) is 20.4. The van der Waals surface area contributed by atoms with Gasteiger partial charge in [-0.3, -0.25) is 44.0 Å². The Morgan fingerprint density at radius 2 is 1.58 bits per heavy atom. The Kier molecular flexibility index (Phi) is 18.1. The van der Waals surface area contributed by atoms with E-state index in [1.807, 2.05) is 67.5 Å². The molecule has 4 aromatic carbocycles. The number of hydrogen-bond acceptors (Lipinski definition) is 17. The van der Waals surface area contributed by atoms with E-state index >= 15 is 0 Å². The molecule has 84 heavy (non-hydrogen) atoms. The molecule has 3 atom stereocenters. The number of amides is 3. The van der Waals surface area contributed by atoms with Crippen LogP contribution in [0.3, 0.4) is 0 Å². The highest BCUT2D eigenvalue weighted by Crippen LogP contribution is 2.50. The molecule has 3 amide bonds. The van der Waals surface area contributed by atoms with Crippen molar-refractivity contribution in [2.75, 3.05) is 58.1 Å². The first-order valence-electron chi connectivity index (χ1n) is 27.2. The number of nitrogens with one attached hydrogen (secondary N) is 3. The van der Waals surface area contributed by atoms with Gasteiger partial charge in [0.1, 0.15) is 43.3 Å². The van der Waals surface area contributed by atoms with E-state index in [1.165, 1.54) is 32.2 Å². The first-order chi connectivity index (χ1) is 39.7. The number of anilines is 1. The van der Waals surface area contributed by atoms with Crippen molar-refractivity contribution in [3.8, 4) is 17.2 Å². The predicted octanol–water partition coefficient (Wildman–Crippen LogP) is 7.19. The molecule has 1 fully saturated rings.